The molecule has 0 bridgehead atoms. The molecule has 1 aliphatic rings. The lowest BCUT2D eigenvalue weighted by Gasteiger charge is -2.16. The van der Waals surface area contributed by atoms with E-state index in [1.807, 2.05) is 0 Å². The van der Waals surface area contributed by atoms with Crippen molar-refractivity contribution in [3.63, 3.8) is 0 Å². The van der Waals surface area contributed by atoms with Gasteiger partial charge in [0.15, 0.2) is 0 Å². The van der Waals surface area contributed by atoms with E-state index in [-0.39, 0.29) is 6.04 Å². The molecular weight excluding hydrogens is 134 g/mol. The molecule has 1 heteroatoms. The average molecular weight is 151 g/mol. The number of nitrogens with two attached hydrogens (primary N) is 1. The summed E-state index contributed by atoms with van der Waals surface area (Å²) in [5.74, 6) is 0. The van der Waals surface area contributed by atoms with Crippen LogP contribution >= 0.6 is 0 Å². The number of hydrogen-bond acceptors (Lipinski definition) is 1. The van der Waals surface area contributed by atoms with E-state index in [1.165, 1.54) is 24.0 Å². The van der Waals surface area contributed by atoms with Crippen LogP contribution in [0, 0.1) is 0 Å². The number of hydrogen-bond donors (Lipinski definition) is 1. The lowest BCUT2D eigenvalue weighted by Crippen LogP contribution is -2.19. The maximum Gasteiger partial charge on any atom is 0.0264 e. The first-order valence-corrected chi connectivity index (χ1v) is 4.37. The molecule has 0 aromatic carbocycles. The van der Waals surface area contributed by atoms with Gasteiger partial charge in [0, 0.05) is 6.04 Å². The highest BCUT2D eigenvalue weighted by Gasteiger charge is 2.07. The summed E-state index contributed by atoms with van der Waals surface area (Å²) in [6, 6.07) is 0.260. The first-order chi connectivity index (χ1) is 5.24. The van der Waals surface area contributed by atoms with Crippen molar-refractivity contribution in [2.24, 2.45) is 5.73 Å². The monoisotopic (exact) mass is 151 g/mol. The van der Waals surface area contributed by atoms with Gasteiger partial charge in [-0.25, -0.2) is 0 Å². The Bertz CT molecular complexity index is 189. The van der Waals surface area contributed by atoms with Crippen LogP contribution < -0.4 is 5.73 Å². The summed E-state index contributed by atoms with van der Waals surface area (Å²) in [6.45, 7) is 4.36. The predicted molar refractivity (Wildman–Crippen MR) is 49.3 cm³/mol. The fourth-order valence-corrected chi connectivity index (χ4v) is 1.50. The minimum atomic E-state index is 0.260. The Kier molecular flexibility index (Phi) is 2.89. The molecule has 1 nitrogen and oxygen atoms in total. The Hall–Kier alpha value is -0.560. The fraction of sp³-hybridized carbons (Fsp3) is 0.600. The molecule has 1 rings (SSSR count). The highest BCUT2D eigenvalue weighted by Crippen LogP contribution is 2.21. The third-order valence-corrected chi connectivity index (χ3v) is 2.13. The molecule has 0 spiro atoms. The van der Waals surface area contributed by atoms with Gasteiger partial charge in [-0.05, 0) is 25.3 Å². The van der Waals surface area contributed by atoms with Crippen molar-refractivity contribution in [1.82, 2.24) is 0 Å². The molecule has 0 radical (unpaired) electrons. The van der Waals surface area contributed by atoms with Crippen LogP contribution in [0.25, 0.3) is 0 Å². The Morgan fingerprint density at radius 3 is 2.91 bits per heavy atom. The summed E-state index contributed by atoms with van der Waals surface area (Å²) in [6.07, 6.45) is 7.91. The third-order valence-electron chi connectivity index (χ3n) is 2.13. The average Bonchev–Trinajstić information content (AvgIpc) is 1.95. The summed E-state index contributed by atoms with van der Waals surface area (Å²) >= 11 is 0. The van der Waals surface area contributed by atoms with Gasteiger partial charge in [0.1, 0.15) is 0 Å². The molecule has 0 heterocycles. The van der Waals surface area contributed by atoms with E-state index in [4.69, 9.17) is 5.73 Å². The van der Waals surface area contributed by atoms with Crippen molar-refractivity contribution in [2.75, 3.05) is 0 Å². The normalized spacial score (nSPS) is 24.5. The van der Waals surface area contributed by atoms with E-state index < -0.39 is 0 Å². The predicted octanol–water partition coefficient (Wildman–Crippen LogP) is 2.39. The summed E-state index contributed by atoms with van der Waals surface area (Å²) < 4.78 is 0. The van der Waals surface area contributed by atoms with Gasteiger partial charge in [0.05, 0.1) is 0 Å². The standard InChI is InChI=1S/C10H17N/c1-3-4-9-5-6-10(11)7-8(9)2/h5,7,10H,3-4,6,11H2,1-2H3. The van der Waals surface area contributed by atoms with Gasteiger partial charge in [-0.15, -0.1) is 0 Å². The summed E-state index contributed by atoms with van der Waals surface area (Å²) in [7, 11) is 0. The zero-order chi connectivity index (χ0) is 8.27. The maximum atomic E-state index is 5.76. The van der Waals surface area contributed by atoms with Crippen molar-refractivity contribution in [2.45, 2.75) is 39.2 Å². The van der Waals surface area contributed by atoms with Gasteiger partial charge in [-0.2, -0.15) is 0 Å². The fourth-order valence-electron chi connectivity index (χ4n) is 1.50. The van der Waals surface area contributed by atoms with Gasteiger partial charge >= 0.3 is 0 Å². The van der Waals surface area contributed by atoms with Crippen LogP contribution in [0.2, 0.25) is 0 Å². The summed E-state index contributed by atoms with van der Waals surface area (Å²) in [5, 5.41) is 0. The Labute approximate surface area is 69.0 Å². The molecular formula is C10H17N. The molecule has 2 N–H and O–H groups in total. The van der Waals surface area contributed by atoms with Crippen molar-refractivity contribution in [1.29, 1.82) is 0 Å². The first-order valence-electron chi connectivity index (χ1n) is 4.37. The minimum Gasteiger partial charge on any atom is -0.324 e. The molecule has 0 aromatic rings. The van der Waals surface area contributed by atoms with Crippen LogP contribution in [0.1, 0.15) is 33.1 Å². The largest absolute Gasteiger partial charge is 0.324 e. The highest BCUT2D eigenvalue weighted by molar-refractivity contribution is 5.33. The van der Waals surface area contributed by atoms with Crippen LogP contribution in [0.4, 0.5) is 0 Å². The lowest BCUT2D eigenvalue weighted by atomic mass is 9.93. The molecule has 0 aromatic heterocycles. The molecule has 0 amide bonds. The SMILES string of the molecule is CCCC1=CCC(N)C=C1C. The maximum absolute atomic E-state index is 5.76. The Morgan fingerprint density at radius 2 is 2.36 bits per heavy atom. The Balaban J connectivity index is 2.61. The molecule has 0 saturated carbocycles. The molecule has 1 aliphatic carbocycles. The van der Waals surface area contributed by atoms with Crippen molar-refractivity contribution in [3.05, 3.63) is 23.3 Å². The zero-order valence-corrected chi connectivity index (χ0v) is 7.43. The van der Waals surface area contributed by atoms with Gasteiger partial charge in [-0.3, -0.25) is 0 Å². The molecule has 0 fully saturated rings. The van der Waals surface area contributed by atoms with E-state index in [1.54, 1.807) is 0 Å². The van der Waals surface area contributed by atoms with Crippen LogP contribution in [0.15, 0.2) is 23.3 Å². The number of rotatable bonds is 2. The second-order valence-corrected chi connectivity index (χ2v) is 3.23. The molecule has 0 aliphatic heterocycles. The van der Waals surface area contributed by atoms with Gasteiger partial charge < -0.3 is 5.73 Å². The van der Waals surface area contributed by atoms with E-state index >= 15 is 0 Å². The topological polar surface area (TPSA) is 26.0 Å². The first kappa shape index (κ1) is 8.54. The number of allylic oxidation sites excluding steroid dienone is 2. The molecule has 62 valence electrons. The molecule has 1 unspecified atom stereocenters. The molecule has 0 saturated heterocycles. The summed E-state index contributed by atoms with van der Waals surface area (Å²) in [4.78, 5) is 0. The van der Waals surface area contributed by atoms with Gasteiger partial charge in [0.2, 0.25) is 0 Å². The van der Waals surface area contributed by atoms with Gasteiger partial charge in [0.25, 0.3) is 0 Å². The van der Waals surface area contributed by atoms with Crippen LogP contribution in [0.5, 0.6) is 0 Å². The van der Waals surface area contributed by atoms with E-state index in [9.17, 15) is 0 Å². The van der Waals surface area contributed by atoms with Gasteiger partial charge in [-0.1, -0.05) is 31.1 Å². The molecule has 1 atom stereocenters. The molecule has 11 heavy (non-hydrogen) atoms. The lowest BCUT2D eigenvalue weighted by molar-refractivity contribution is 0.785. The van der Waals surface area contributed by atoms with E-state index in [2.05, 4.69) is 26.0 Å². The quantitative estimate of drug-likeness (QED) is 0.644. The van der Waals surface area contributed by atoms with Crippen LogP contribution in [-0.2, 0) is 0 Å². The van der Waals surface area contributed by atoms with E-state index in [0.717, 1.165) is 6.42 Å². The van der Waals surface area contributed by atoms with Crippen molar-refractivity contribution < 1.29 is 0 Å². The minimum absolute atomic E-state index is 0.260. The van der Waals surface area contributed by atoms with E-state index in [0.29, 0.717) is 0 Å². The zero-order valence-electron chi connectivity index (χ0n) is 7.43. The second-order valence-electron chi connectivity index (χ2n) is 3.23. The smallest absolute Gasteiger partial charge is 0.0264 e. The highest BCUT2D eigenvalue weighted by atomic mass is 14.6. The summed E-state index contributed by atoms with van der Waals surface area (Å²) in [5.41, 5.74) is 8.64. The van der Waals surface area contributed by atoms with Crippen molar-refractivity contribution in [3.8, 4) is 0 Å². The van der Waals surface area contributed by atoms with Crippen LogP contribution in [-0.4, -0.2) is 6.04 Å². The Morgan fingerprint density at radius 1 is 1.64 bits per heavy atom. The van der Waals surface area contributed by atoms with Crippen molar-refractivity contribution >= 4 is 0 Å². The second kappa shape index (κ2) is 3.72. The third kappa shape index (κ3) is 2.19. The van der Waals surface area contributed by atoms with Crippen LogP contribution in [0.3, 0.4) is 0 Å².